The fraction of sp³-hybridized carbons (Fsp3) is 0. The molecule has 0 rings (SSSR count). The zero-order valence-corrected chi connectivity index (χ0v) is 19.9. The third-order valence-corrected chi connectivity index (χ3v) is 1.07. The van der Waals surface area contributed by atoms with Gasteiger partial charge < -0.3 is 59.4 Å². The van der Waals surface area contributed by atoms with Crippen molar-refractivity contribution in [2.24, 2.45) is 0 Å². The summed E-state index contributed by atoms with van der Waals surface area (Å²) >= 11 is 0. The summed E-state index contributed by atoms with van der Waals surface area (Å²) in [6.07, 6.45) is 2.31. The molecular formula is C12H6O12Pr2. The van der Waals surface area contributed by atoms with Crippen molar-refractivity contribution < 1.29 is 142 Å². The first-order valence-corrected chi connectivity index (χ1v) is 5.18. The molecule has 14 heteroatoms. The monoisotopic (exact) mass is 624 g/mol. The SMILES string of the molecule is O=C([O-])/C=C\C(=O)[O-].O=C([O-])/C=C\C(=O)[O-].O=C([O-])/C=C\C(=O)[O-].[Pr+3].[Pr+3]. The fourth-order valence-corrected chi connectivity index (χ4v) is 0.408. The minimum atomic E-state index is -1.55. The van der Waals surface area contributed by atoms with E-state index in [1.807, 2.05) is 0 Å². The third-order valence-electron chi connectivity index (χ3n) is 1.07. The van der Waals surface area contributed by atoms with Crippen LogP contribution in [-0.2, 0) is 28.8 Å². The maximum absolute atomic E-state index is 9.41. The third kappa shape index (κ3) is 56.9. The molecule has 0 aliphatic heterocycles. The molecule has 0 saturated carbocycles. The summed E-state index contributed by atoms with van der Waals surface area (Å²) in [5.41, 5.74) is 0. The molecule has 0 N–H and O–H groups in total. The second-order valence-electron chi connectivity index (χ2n) is 2.91. The van der Waals surface area contributed by atoms with Crippen LogP contribution < -0.4 is 30.6 Å². The topological polar surface area (TPSA) is 241 Å². The van der Waals surface area contributed by atoms with Gasteiger partial charge in [0, 0.05) is 0 Å². The van der Waals surface area contributed by atoms with Crippen molar-refractivity contribution >= 4 is 35.8 Å². The van der Waals surface area contributed by atoms with Crippen LogP contribution in [0.2, 0.25) is 0 Å². The van der Waals surface area contributed by atoms with Crippen LogP contribution in [0.3, 0.4) is 0 Å². The van der Waals surface area contributed by atoms with Gasteiger partial charge in [-0.2, -0.15) is 0 Å². The van der Waals surface area contributed by atoms with Crippen molar-refractivity contribution in [1.29, 1.82) is 0 Å². The van der Waals surface area contributed by atoms with E-state index in [4.69, 9.17) is 0 Å². The van der Waals surface area contributed by atoms with Gasteiger partial charge in [-0.05, 0) is 36.5 Å². The summed E-state index contributed by atoms with van der Waals surface area (Å²) in [5.74, 6) is -9.28. The van der Waals surface area contributed by atoms with E-state index in [9.17, 15) is 59.4 Å². The quantitative estimate of drug-likeness (QED) is 0.250. The molecule has 132 valence electrons. The van der Waals surface area contributed by atoms with Gasteiger partial charge in [-0.25, -0.2) is 0 Å². The average molecular weight is 624 g/mol. The van der Waals surface area contributed by atoms with Crippen LogP contribution >= 0.6 is 0 Å². The molecule has 0 aliphatic rings. The van der Waals surface area contributed by atoms with E-state index >= 15 is 0 Å². The number of hydrogen-bond donors (Lipinski definition) is 0. The molecule has 0 radical (unpaired) electrons. The van der Waals surface area contributed by atoms with E-state index in [0.717, 1.165) is 0 Å². The Balaban J connectivity index is -0.0000000817. The van der Waals surface area contributed by atoms with E-state index in [1.165, 1.54) is 0 Å². The van der Waals surface area contributed by atoms with Gasteiger partial charge in [-0.1, -0.05) is 0 Å². The second-order valence-corrected chi connectivity index (χ2v) is 2.91. The molecule has 0 atom stereocenters. The number of hydrogen-bond acceptors (Lipinski definition) is 12. The van der Waals surface area contributed by atoms with Crippen molar-refractivity contribution in [3.05, 3.63) is 36.5 Å². The van der Waals surface area contributed by atoms with Gasteiger partial charge in [0.2, 0.25) is 0 Å². The van der Waals surface area contributed by atoms with Gasteiger partial charge in [0.05, 0.1) is 35.8 Å². The fourth-order valence-electron chi connectivity index (χ4n) is 0.408. The number of carbonyl (C=O) groups is 6. The standard InChI is InChI=1S/3C4H4O4.2Pr/c3*5-3(6)1-2-4(7)8;;/h3*1-2H,(H,5,6)(H,7,8);;/q;;;2*+3/p-6/b3*2-1-;;. The molecule has 0 unspecified atom stereocenters. The van der Waals surface area contributed by atoms with Crippen LogP contribution in [0.5, 0.6) is 0 Å². The molecule has 0 aromatic carbocycles. The molecule has 0 fully saturated rings. The van der Waals surface area contributed by atoms with Crippen molar-refractivity contribution in [1.82, 2.24) is 0 Å². The first-order valence-electron chi connectivity index (χ1n) is 5.18. The van der Waals surface area contributed by atoms with Gasteiger partial charge >= 0.3 is 82.6 Å². The second kappa shape index (κ2) is 23.8. The Morgan fingerprint density at radius 3 is 0.462 bits per heavy atom. The zero-order chi connectivity index (χ0) is 19.7. The molecule has 0 aliphatic carbocycles. The van der Waals surface area contributed by atoms with Crippen LogP contribution in [0.4, 0.5) is 0 Å². The van der Waals surface area contributed by atoms with Gasteiger partial charge in [0.15, 0.2) is 0 Å². The Bertz CT molecular complexity index is 448. The van der Waals surface area contributed by atoms with E-state index < -0.39 is 35.8 Å². The number of aliphatic carboxylic acids is 6. The van der Waals surface area contributed by atoms with E-state index in [1.54, 1.807) is 0 Å². The molecule has 0 aromatic rings. The zero-order valence-electron chi connectivity index (χ0n) is 12.5. The van der Waals surface area contributed by atoms with E-state index in [0.29, 0.717) is 36.5 Å². The van der Waals surface area contributed by atoms with Crippen LogP contribution in [0.15, 0.2) is 36.5 Å². The largest absolute Gasteiger partial charge is 3.00 e. The normalized spacial score (nSPS) is 8.77. The maximum atomic E-state index is 9.41. The Morgan fingerprint density at radius 1 is 0.346 bits per heavy atom. The van der Waals surface area contributed by atoms with Gasteiger partial charge in [0.25, 0.3) is 0 Å². The number of carbonyl (C=O) groups excluding carboxylic acids is 6. The summed E-state index contributed by atoms with van der Waals surface area (Å²) in [5, 5.41) is 56.5. The Kier molecular flexibility index (Phi) is 32.7. The first kappa shape index (κ1) is 35.8. The Hall–Kier alpha value is -1.23. The van der Waals surface area contributed by atoms with E-state index in [-0.39, 0.29) is 82.6 Å². The first-order chi connectivity index (χ1) is 10.9. The van der Waals surface area contributed by atoms with Gasteiger partial charge in [-0.15, -0.1) is 0 Å². The molecule has 0 aromatic heterocycles. The van der Waals surface area contributed by atoms with Crippen LogP contribution in [0.25, 0.3) is 0 Å². The van der Waals surface area contributed by atoms with Gasteiger partial charge in [-0.3, -0.25) is 0 Å². The number of carboxylic acid groups (broad SMARTS) is 6. The van der Waals surface area contributed by atoms with Crippen LogP contribution in [0, 0.1) is 82.6 Å². The van der Waals surface area contributed by atoms with Crippen molar-refractivity contribution in [3.8, 4) is 0 Å². The predicted octanol–water partition coefficient (Wildman–Crippen LogP) is -8.87. The van der Waals surface area contributed by atoms with Crippen LogP contribution in [-0.4, -0.2) is 35.8 Å². The molecule has 12 nitrogen and oxygen atoms in total. The average Bonchev–Trinajstić information content (AvgIpc) is 2.42. The van der Waals surface area contributed by atoms with Gasteiger partial charge in [0.1, 0.15) is 0 Å². The summed E-state index contributed by atoms with van der Waals surface area (Å²) in [4.78, 5) is 56.5. The van der Waals surface area contributed by atoms with E-state index in [2.05, 4.69) is 0 Å². The molecule has 0 saturated heterocycles. The summed E-state index contributed by atoms with van der Waals surface area (Å²) in [6, 6.07) is 0. The number of rotatable bonds is 6. The molecule has 0 heterocycles. The molecule has 0 amide bonds. The predicted molar refractivity (Wildman–Crippen MR) is 57.5 cm³/mol. The maximum Gasteiger partial charge on any atom is 3.00 e. The molecule has 26 heavy (non-hydrogen) atoms. The minimum Gasteiger partial charge on any atom is -0.545 e. The Morgan fingerprint density at radius 2 is 0.423 bits per heavy atom. The number of carboxylic acids is 6. The molecule has 0 spiro atoms. The Labute approximate surface area is 211 Å². The molecule has 0 bridgehead atoms. The minimum absolute atomic E-state index is 0. The van der Waals surface area contributed by atoms with Crippen molar-refractivity contribution in [2.75, 3.05) is 0 Å². The smallest absolute Gasteiger partial charge is 0.545 e. The summed E-state index contributed by atoms with van der Waals surface area (Å²) < 4.78 is 0. The van der Waals surface area contributed by atoms with Crippen molar-refractivity contribution in [2.45, 2.75) is 0 Å². The molecular weight excluding hydrogens is 618 g/mol. The summed E-state index contributed by atoms with van der Waals surface area (Å²) in [7, 11) is 0. The van der Waals surface area contributed by atoms with Crippen LogP contribution in [0.1, 0.15) is 0 Å². The summed E-state index contributed by atoms with van der Waals surface area (Å²) in [6.45, 7) is 0. The van der Waals surface area contributed by atoms with Crippen molar-refractivity contribution in [3.63, 3.8) is 0 Å².